The second kappa shape index (κ2) is 12.5. The highest BCUT2D eigenvalue weighted by molar-refractivity contribution is 7.92. The van der Waals surface area contributed by atoms with Crippen molar-refractivity contribution in [3.8, 4) is 0 Å². The normalized spacial score (nSPS) is 11.9. The van der Waals surface area contributed by atoms with E-state index < -0.39 is 39.3 Å². The van der Waals surface area contributed by atoms with Gasteiger partial charge in [0.25, 0.3) is 5.69 Å². The molecule has 0 saturated carbocycles. The largest absolute Gasteiger partial charge is 0.357 e. The number of carbonyl (C=O) groups excluding carboxylic acids is 2. The standard InChI is InChI=1S/C28H32N4O6S/c1-20-10-13-23(14-11-20)18-30(26(28(34)29-3)16-22-8-6-5-7-9-22)27(33)19-31(39(4,37)38)25-17-24(32(35)36)15-12-21(25)2/h5-15,17,26H,16,18-19H2,1-4H3,(H,29,34)/t26-/m0/s1. The van der Waals surface area contributed by atoms with Gasteiger partial charge >= 0.3 is 0 Å². The Bertz CT molecular complexity index is 1440. The summed E-state index contributed by atoms with van der Waals surface area (Å²) in [7, 11) is -2.56. The van der Waals surface area contributed by atoms with Crippen molar-refractivity contribution in [2.45, 2.75) is 32.9 Å². The van der Waals surface area contributed by atoms with Gasteiger partial charge < -0.3 is 10.2 Å². The number of nitrogens with zero attached hydrogens (tertiary/aromatic N) is 3. The molecular formula is C28H32N4O6S. The first-order chi connectivity index (χ1) is 18.4. The molecule has 0 spiro atoms. The van der Waals surface area contributed by atoms with Gasteiger partial charge in [-0.25, -0.2) is 8.42 Å². The number of nitro groups is 1. The molecule has 0 saturated heterocycles. The average Bonchev–Trinajstić information content (AvgIpc) is 2.90. The van der Waals surface area contributed by atoms with Gasteiger partial charge in [0.1, 0.15) is 12.6 Å². The van der Waals surface area contributed by atoms with Gasteiger partial charge in [0.2, 0.25) is 21.8 Å². The number of aryl methyl sites for hydroxylation is 2. The molecule has 0 fully saturated rings. The predicted molar refractivity (Wildman–Crippen MR) is 150 cm³/mol. The number of non-ortho nitro benzene ring substituents is 1. The zero-order valence-electron chi connectivity index (χ0n) is 22.3. The summed E-state index contributed by atoms with van der Waals surface area (Å²) in [6.45, 7) is 2.94. The first-order valence-corrected chi connectivity index (χ1v) is 14.1. The van der Waals surface area contributed by atoms with Crippen molar-refractivity contribution < 1.29 is 22.9 Å². The third-order valence-corrected chi connectivity index (χ3v) is 7.47. The number of nitrogens with one attached hydrogen (secondary N) is 1. The van der Waals surface area contributed by atoms with E-state index >= 15 is 0 Å². The molecule has 0 heterocycles. The molecule has 3 aromatic rings. The maximum absolute atomic E-state index is 13.9. The monoisotopic (exact) mass is 552 g/mol. The number of benzene rings is 3. The summed E-state index contributed by atoms with van der Waals surface area (Å²) >= 11 is 0. The topological polar surface area (TPSA) is 130 Å². The summed E-state index contributed by atoms with van der Waals surface area (Å²) in [5.41, 5.74) is 2.76. The highest BCUT2D eigenvalue weighted by atomic mass is 32.2. The minimum atomic E-state index is -4.04. The van der Waals surface area contributed by atoms with Crippen molar-refractivity contribution in [3.63, 3.8) is 0 Å². The number of likely N-dealkylation sites (N-methyl/N-ethyl adjacent to an activating group) is 1. The Morgan fingerprint density at radius 3 is 2.18 bits per heavy atom. The summed E-state index contributed by atoms with van der Waals surface area (Å²) in [6.07, 6.45) is 1.13. The summed E-state index contributed by atoms with van der Waals surface area (Å²) in [5.74, 6) is -1.03. The average molecular weight is 553 g/mol. The van der Waals surface area contributed by atoms with Crippen LogP contribution in [0.2, 0.25) is 0 Å². The lowest BCUT2D eigenvalue weighted by Gasteiger charge is -2.33. The van der Waals surface area contributed by atoms with Crippen molar-refractivity contribution >= 4 is 33.2 Å². The van der Waals surface area contributed by atoms with E-state index in [1.807, 2.05) is 61.5 Å². The van der Waals surface area contributed by atoms with Crippen LogP contribution in [0.4, 0.5) is 11.4 Å². The van der Waals surface area contributed by atoms with E-state index in [0.717, 1.165) is 33.3 Å². The van der Waals surface area contributed by atoms with Crippen molar-refractivity contribution in [1.29, 1.82) is 0 Å². The fraction of sp³-hybridized carbons (Fsp3) is 0.286. The van der Waals surface area contributed by atoms with Crippen LogP contribution in [0.25, 0.3) is 0 Å². The van der Waals surface area contributed by atoms with Crippen LogP contribution in [0, 0.1) is 24.0 Å². The van der Waals surface area contributed by atoms with Gasteiger partial charge in [0.05, 0.1) is 16.9 Å². The zero-order valence-corrected chi connectivity index (χ0v) is 23.1. The Labute approximate surface area is 228 Å². The van der Waals surface area contributed by atoms with Gasteiger partial charge in [0, 0.05) is 32.1 Å². The highest BCUT2D eigenvalue weighted by Crippen LogP contribution is 2.28. The molecule has 0 aliphatic carbocycles. The molecular weight excluding hydrogens is 520 g/mol. The van der Waals surface area contributed by atoms with Gasteiger partial charge in [-0.1, -0.05) is 66.2 Å². The second-order valence-corrected chi connectivity index (χ2v) is 11.2. The minimum absolute atomic E-state index is 0.0230. The molecule has 0 bridgehead atoms. The molecule has 0 unspecified atom stereocenters. The Morgan fingerprint density at radius 1 is 0.974 bits per heavy atom. The van der Waals surface area contributed by atoms with Crippen molar-refractivity contribution in [3.05, 3.63) is 105 Å². The summed E-state index contributed by atoms with van der Waals surface area (Å²) in [5, 5.41) is 14.0. The number of amides is 2. The molecule has 10 nitrogen and oxygen atoms in total. The number of hydrogen-bond acceptors (Lipinski definition) is 6. The van der Waals surface area contributed by atoms with Crippen LogP contribution in [0.3, 0.4) is 0 Å². The zero-order chi connectivity index (χ0) is 28.7. The van der Waals surface area contributed by atoms with Gasteiger partial charge in [-0.15, -0.1) is 0 Å². The van der Waals surface area contributed by atoms with E-state index in [1.165, 1.54) is 24.1 Å². The van der Waals surface area contributed by atoms with E-state index in [9.17, 15) is 28.1 Å². The van der Waals surface area contributed by atoms with Crippen LogP contribution in [-0.2, 0) is 32.6 Å². The van der Waals surface area contributed by atoms with Gasteiger partial charge in [-0.2, -0.15) is 0 Å². The third kappa shape index (κ3) is 7.64. The van der Waals surface area contributed by atoms with Crippen LogP contribution >= 0.6 is 0 Å². The number of nitro benzene ring substituents is 1. The number of carbonyl (C=O) groups is 2. The maximum atomic E-state index is 13.9. The third-order valence-electron chi connectivity index (χ3n) is 6.34. The molecule has 39 heavy (non-hydrogen) atoms. The second-order valence-electron chi connectivity index (χ2n) is 9.32. The summed E-state index contributed by atoms with van der Waals surface area (Å²) in [4.78, 5) is 39.2. The lowest BCUT2D eigenvalue weighted by atomic mass is 10.0. The highest BCUT2D eigenvalue weighted by Gasteiger charge is 2.33. The quantitative estimate of drug-likeness (QED) is 0.287. The molecule has 1 atom stereocenters. The van der Waals surface area contributed by atoms with Crippen molar-refractivity contribution in [2.24, 2.45) is 0 Å². The van der Waals surface area contributed by atoms with Crippen LogP contribution < -0.4 is 9.62 Å². The molecule has 3 aromatic carbocycles. The van der Waals surface area contributed by atoms with E-state index in [1.54, 1.807) is 6.92 Å². The van der Waals surface area contributed by atoms with Gasteiger partial charge in [0.15, 0.2) is 0 Å². The first-order valence-electron chi connectivity index (χ1n) is 12.2. The van der Waals surface area contributed by atoms with Crippen molar-refractivity contribution in [1.82, 2.24) is 10.2 Å². The first kappa shape index (κ1) is 29.3. The van der Waals surface area contributed by atoms with E-state index in [2.05, 4.69) is 5.32 Å². The maximum Gasteiger partial charge on any atom is 0.271 e. The molecule has 0 radical (unpaired) electrons. The lowest BCUT2D eigenvalue weighted by Crippen LogP contribution is -2.53. The Kier molecular flexibility index (Phi) is 9.42. The number of rotatable bonds is 11. The van der Waals surface area contributed by atoms with E-state index in [4.69, 9.17) is 0 Å². The van der Waals surface area contributed by atoms with Crippen LogP contribution in [0.15, 0.2) is 72.8 Å². The molecule has 0 aromatic heterocycles. The Balaban J connectivity index is 2.07. The molecule has 206 valence electrons. The van der Waals surface area contributed by atoms with Crippen LogP contribution in [0.5, 0.6) is 0 Å². The van der Waals surface area contributed by atoms with Crippen LogP contribution in [0.1, 0.15) is 22.3 Å². The molecule has 2 amide bonds. The van der Waals surface area contributed by atoms with Gasteiger partial charge in [-0.3, -0.25) is 24.0 Å². The molecule has 0 aliphatic heterocycles. The van der Waals surface area contributed by atoms with Gasteiger partial charge in [-0.05, 0) is 30.5 Å². The fourth-order valence-corrected chi connectivity index (χ4v) is 5.08. The molecule has 3 rings (SSSR count). The molecule has 11 heteroatoms. The molecule has 0 aliphatic rings. The summed E-state index contributed by atoms with van der Waals surface area (Å²) < 4.78 is 26.6. The molecule has 1 N–H and O–H groups in total. The van der Waals surface area contributed by atoms with Crippen molar-refractivity contribution in [2.75, 3.05) is 24.2 Å². The number of sulfonamides is 1. The van der Waals surface area contributed by atoms with Crippen LogP contribution in [-0.4, -0.2) is 55.9 Å². The minimum Gasteiger partial charge on any atom is -0.357 e. The number of anilines is 1. The smallest absolute Gasteiger partial charge is 0.271 e. The Hall–Kier alpha value is -4.25. The summed E-state index contributed by atoms with van der Waals surface area (Å²) in [6, 6.07) is 19.6. The number of hydrogen-bond donors (Lipinski definition) is 1. The van der Waals surface area contributed by atoms with E-state index in [-0.39, 0.29) is 24.3 Å². The lowest BCUT2D eigenvalue weighted by molar-refractivity contribution is -0.384. The van der Waals surface area contributed by atoms with E-state index in [0.29, 0.717) is 5.56 Å². The fourth-order valence-electron chi connectivity index (χ4n) is 4.19. The Morgan fingerprint density at radius 2 is 1.62 bits per heavy atom. The SMILES string of the molecule is CNC(=O)[C@H](Cc1ccccc1)N(Cc1ccc(C)cc1)C(=O)CN(c1cc([N+](=O)[O-])ccc1C)S(C)(=O)=O. The predicted octanol–water partition coefficient (Wildman–Crippen LogP) is 3.36.